The Hall–Kier alpha value is -2.39. The van der Waals surface area contributed by atoms with Gasteiger partial charge < -0.3 is 25.0 Å². The second-order valence-corrected chi connectivity index (χ2v) is 11.9. The molecule has 8 nitrogen and oxygen atoms in total. The number of benzene rings is 1. The number of nitrogens with zero attached hydrogens (tertiary/aromatic N) is 1. The van der Waals surface area contributed by atoms with E-state index in [-0.39, 0.29) is 36.5 Å². The van der Waals surface area contributed by atoms with Crippen LogP contribution in [-0.4, -0.2) is 74.9 Å². The van der Waals surface area contributed by atoms with E-state index in [1.807, 2.05) is 38.2 Å². The molecule has 0 radical (unpaired) electrons. The summed E-state index contributed by atoms with van der Waals surface area (Å²) in [4.78, 5) is 28.5. The molecule has 1 aromatic rings. The van der Waals surface area contributed by atoms with E-state index < -0.39 is 6.04 Å². The zero-order valence-electron chi connectivity index (χ0n) is 25.4. The van der Waals surface area contributed by atoms with Gasteiger partial charge in [0.15, 0.2) is 0 Å². The van der Waals surface area contributed by atoms with Crippen molar-refractivity contribution in [2.45, 2.75) is 77.9 Å². The molecule has 0 fully saturated rings. The lowest BCUT2D eigenvalue weighted by Crippen LogP contribution is -2.52. The van der Waals surface area contributed by atoms with Gasteiger partial charge in [0.05, 0.1) is 37.2 Å². The second-order valence-electron chi connectivity index (χ2n) is 11.4. The van der Waals surface area contributed by atoms with Crippen molar-refractivity contribution in [2.24, 2.45) is 11.8 Å². The molecule has 41 heavy (non-hydrogen) atoms. The number of amides is 2. The van der Waals surface area contributed by atoms with Gasteiger partial charge in [-0.05, 0) is 61.3 Å². The van der Waals surface area contributed by atoms with Gasteiger partial charge in [0.1, 0.15) is 6.61 Å². The van der Waals surface area contributed by atoms with Gasteiger partial charge in [-0.1, -0.05) is 63.1 Å². The number of halogens is 1. The number of ether oxygens (including phenoxy) is 2. The van der Waals surface area contributed by atoms with E-state index in [0.717, 1.165) is 37.0 Å². The summed E-state index contributed by atoms with van der Waals surface area (Å²) in [6, 6.07) is 6.63. The van der Waals surface area contributed by atoms with Gasteiger partial charge in [0, 0.05) is 31.6 Å². The molecule has 0 spiro atoms. The standard InChI is InChI=1S/C32H49ClN4O4/c1-6-23(3)30-32(39)37(5)24(4)20-40-21-36-28(19-25-10-13-27(33)14-11-25)31(38)35-15-7-8-26-12-9-22(2)18-29(26)41-17-16-34-30/h9-14,22-24,28,30,34,36H,6-8,15-21H2,1-5H3,(H,35,38)/t22?,23?,24-,28-,30+/m1/s1. The Morgan fingerprint density at radius 3 is 2.61 bits per heavy atom. The molecule has 0 saturated carbocycles. The zero-order chi connectivity index (χ0) is 29.8. The van der Waals surface area contributed by atoms with E-state index in [0.29, 0.717) is 43.7 Å². The van der Waals surface area contributed by atoms with Gasteiger partial charge in [-0.3, -0.25) is 14.9 Å². The minimum Gasteiger partial charge on any atom is -0.496 e. The molecular formula is C32H49ClN4O4. The average Bonchev–Trinajstić information content (AvgIpc) is 2.96. The Kier molecular flexibility index (Phi) is 13.7. The number of carbonyl (C=O) groups is 2. The predicted octanol–water partition coefficient (Wildman–Crippen LogP) is 4.44. The number of likely N-dealkylation sites (N-methyl/N-ethyl adjacent to an activating group) is 1. The summed E-state index contributed by atoms with van der Waals surface area (Å²) in [5, 5.41) is 10.5. The highest BCUT2D eigenvalue weighted by molar-refractivity contribution is 6.30. The van der Waals surface area contributed by atoms with E-state index in [9.17, 15) is 9.59 Å². The molecule has 1 heterocycles. The van der Waals surface area contributed by atoms with Crippen molar-refractivity contribution in [1.82, 2.24) is 20.9 Å². The molecule has 9 heteroatoms. The quantitative estimate of drug-likeness (QED) is 0.482. The third-order valence-corrected chi connectivity index (χ3v) is 8.36. The molecule has 3 N–H and O–H groups in total. The summed E-state index contributed by atoms with van der Waals surface area (Å²) < 4.78 is 12.2. The summed E-state index contributed by atoms with van der Waals surface area (Å²) in [5.41, 5.74) is 2.19. The first-order chi connectivity index (χ1) is 19.7. The van der Waals surface area contributed by atoms with Crippen LogP contribution in [0.2, 0.25) is 5.02 Å². The molecule has 2 amide bonds. The molecule has 3 rings (SSSR count). The third kappa shape index (κ3) is 10.4. The van der Waals surface area contributed by atoms with Crippen molar-refractivity contribution in [3.63, 3.8) is 0 Å². The van der Waals surface area contributed by atoms with Crippen LogP contribution >= 0.6 is 11.6 Å². The van der Waals surface area contributed by atoms with E-state index in [4.69, 9.17) is 21.1 Å². The van der Waals surface area contributed by atoms with Crippen LogP contribution in [0.5, 0.6) is 0 Å². The first-order valence-electron chi connectivity index (χ1n) is 15.1. The average molecular weight is 589 g/mol. The van der Waals surface area contributed by atoms with Crippen LogP contribution in [0.15, 0.2) is 47.7 Å². The smallest absolute Gasteiger partial charge is 0.240 e. The number of nitrogens with one attached hydrogen (secondary N) is 3. The topological polar surface area (TPSA) is 91.9 Å². The lowest BCUT2D eigenvalue weighted by molar-refractivity contribution is -0.136. The summed E-state index contributed by atoms with van der Waals surface area (Å²) >= 11 is 6.06. The molecular weight excluding hydrogens is 540 g/mol. The summed E-state index contributed by atoms with van der Waals surface area (Å²) in [6.07, 6.45) is 8.27. The number of rotatable bonds is 4. The fourth-order valence-corrected chi connectivity index (χ4v) is 5.19. The minimum atomic E-state index is -0.469. The molecule has 0 aromatic heterocycles. The van der Waals surface area contributed by atoms with Crippen LogP contribution in [0.3, 0.4) is 0 Å². The molecule has 1 aliphatic heterocycles. The predicted molar refractivity (Wildman–Crippen MR) is 165 cm³/mol. The number of allylic oxidation sites excluding steroid dienone is 4. The van der Waals surface area contributed by atoms with Gasteiger partial charge in [0.25, 0.3) is 0 Å². The third-order valence-electron chi connectivity index (χ3n) is 8.10. The maximum atomic E-state index is 13.5. The van der Waals surface area contributed by atoms with Crippen LogP contribution in [-0.2, 0) is 25.5 Å². The lowest BCUT2D eigenvalue weighted by atomic mass is 9.94. The van der Waals surface area contributed by atoms with Gasteiger partial charge in [-0.2, -0.15) is 0 Å². The molecule has 0 saturated heterocycles. The molecule has 228 valence electrons. The lowest BCUT2D eigenvalue weighted by Gasteiger charge is -2.32. The van der Waals surface area contributed by atoms with Crippen molar-refractivity contribution in [3.8, 4) is 0 Å². The van der Waals surface area contributed by atoms with Crippen molar-refractivity contribution in [1.29, 1.82) is 0 Å². The SMILES string of the molecule is CCC(C)[C@@H]1NCCOC2=C(C=CC(C)C2)CCCNC(=O)[C@@H](Cc2ccc(Cl)cc2)NCOC[C@@H](C)N(C)C1=O. The maximum absolute atomic E-state index is 13.5. The van der Waals surface area contributed by atoms with Crippen LogP contribution in [0, 0.1) is 11.8 Å². The summed E-state index contributed by atoms with van der Waals surface area (Å²) in [5.74, 6) is 1.58. The summed E-state index contributed by atoms with van der Waals surface area (Å²) in [6.45, 7) is 10.6. The normalized spacial score (nSPS) is 27.0. The van der Waals surface area contributed by atoms with Gasteiger partial charge in [-0.25, -0.2) is 0 Å². The van der Waals surface area contributed by atoms with E-state index >= 15 is 0 Å². The number of hydrogen-bond donors (Lipinski definition) is 3. The Morgan fingerprint density at radius 1 is 1.12 bits per heavy atom. The molecule has 0 bridgehead atoms. The molecule has 5 atom stereocenters. The van der Waals surface area contributed by atoms with E-state index in [1.54, 1.807) is 4.90 Å². The minimum absolute atomic E-state index is 0.0481. The van der Waals surface area contributed by atoms with E-state index in [2.05, 4.69) is 48.9 Å². The van der Waals surface area contributed by atoms with Gasteiger partial charge >= 0.3 is 0 Å². The fourth-order valence-electron chi connectivity index (χ4n) is 5.06. The molecule has 1 aliphatic carbocycles. The van der Waals surface area contributed by atoms with Crippen molar-refractivity contribution < 1.29 is 19.1 Å². The van der Waals surface area contributed by atoms with Gasteiger partial charge in [-0.15, -0.1) is 0 Å². The highest BCUT2D eigenvalue weighted by Crippen LogP contribution is 2.27. The number of hydrogen-bond acceptors (Lipinski definition) is 6. The van der Waals surface area contributed by atoms with Gasteiger partial charge in [0.2, 0.25) is 11.8 Å². The highest BCUT2D eigenvalue weighted by Gasteiger charge is 2.29. The summed E-state index contributed by atoms with van der Waals surface area (Å²) in [7, 11) is 1.83. The Bertz CT molecular complexity index is 1040. The first kappa shape index (κ1) is 33.1. The van der Waals surface area contributed by atoms with Crippen molar-refractivity contribution >= 4 is 23.4 Å². The number of carbonyl (C=O) groups excluding carboxylic acids is 2. The maximum Gasteiger partial charge on any atom is 0.240 e. The van der Waals surface area contributed by atoms with Crippen LogP contribution in [0.25, 0.3) is 0 Å². The molecule has 2 aliphatic rings. The largest absolute Gasteiger partial charge is 0.496 e. The zero-order valence-corrected chi connectivity index (χ0v) is 26.1. The Morgan fingerprint density at radius 2 is 1.88 bits per heavy atom. The van der Waals surface area contributed by atoms with Crippen LogP contribution in [0.4, 0.5) is 0 Å². The van der Waals surface area contributed by atoms with Crippen LogP contribution < -0.4 is 16.0 Å². The monoisotopic (exact) mass is 588 g/mol. The van der Waals surface area contributed by atoms with E-state index in [1.165, 1.54) is 5.57 Å². The highest BCUT2D eigenvalue weighted by atomic mass is 35.5. The Labute approximate surface area is 251 Å². The second kappa shape index (κ2) is 16.9. The van der Waals surface area contributed by atoms with Crippen molar-refractivity contribution in [3.05, 3.63) is 58.3 Å². The van der Waals surface area contributed by atoms with Crippen LogP contribution in [0.1, 0.15) is 58.9 Å². The molecule has 1 aromatic carbocycles. The Balaban J connectivity index is 1.76. The molecule has 2 unspecified atom stereocenters. The van der Waals surface area contributed by atoms with Crippen molar-refractivity contribution in [2.75, 3.05) is 40.1 Å². The first-order valence-corrected chi connectivity index (χ1v) is 15.4. The fraction of sp³-hybridized carbons (Fsp3) is 0.625.